The van der Waals surface area contributed by atoms with Gasteiger partial charge in [0.15, 0.2) is 0 Å². The average molecular weight is 546 g/mol. The van der Waals surface area contributed by atoms with E-state index in [1.54, 1.807) is 0 Å². The Morgan fingerprint density at radius 3 is 1.58 bits per heavy atom. The molecule has 0 radical (unpaired) electrons. The molecule has 0 saturated carbocycles. The molecule has 1 aromatic heterocycles. The van der Waals surface area contributed by atoms with Crippen LogP contribution in [0.4, 0.5) is 0 Å². The summed E-state index contributed by atoms with van der Waals surface area (Å²) in [7, 11) is 0. The number of rotatable bonds is 3. The molecule has 43 heavy (non-hydrogen) atoms. The number of nitrogens with one attached hydrogen (secondary N) is 1. The predicted molar refractivity (Wildman–Crippen MR) is 185 cm³/mol. The second kappa shape index (κ2) is 9.44. The smallest absolute Gasteiger partial charge is 0.0465 e. The van der Waals surface area contributed by atoms with Gasteiger partial charge < -0.3 is 4.98 Å². The molecule has 0 aliphatic rings. The molecule has 0 spiro atoms. The van der Waals surface area contributed by atoms with E-state index in [4.69, 9.17) is 0 Å². The third-order valence-corrected chi connectivity index (χ3v) is 8.98. The third-order valence-electron chi connectivity index (χ3n) is 8.98. The van der Waals surface area contributed by atoms with E-state index in [2.05, 4.69) is 163 Å². The molecule has 0 fully saturated rings. The Morgan fingerprint density at radius 1 is 0.302 bits per heavy atom. The van der Waals surface area contributed by atoms with Gasteiger partial charge in [0.1, 0.15) is 0 Å². The van der Waals surface area contributed by atoms with Crippen LogP contribution in [-0.4, -0.2) is 4.98 Å². The van der Waals surface area contributed by atoms with Crippen LogP contribution >= 0.6 is 0 Å². The second-order valence-corrected chi connectivity index (χ2v) is 11.4. The molecule has 1 heteroatoms. The number of fused-ring (bicyclic) bond motifs is 6. The van der Waals surface area contributed by atoms with Crippen molar-refractivity contribution in [1.29, 1.82) is 0 Å². The third kappa shape index (κ3) is 3.72. The summed E-state index contributed by atoms with van der Waals surface area (Å²) >= 11 is 0. The highest BCUT2D eigenvalue weighted by Gasteiger charge is 2.19. The minimum atomic E-state index is 1.17. The van der Waals surface area contributed by atoms with Crippen molar-refractivity contribution in [3.63, 3.8) is 0 Å². The molecule has 0 atom stereocenters. The van der Waals surface area contributed by atoms with Crippen LogP contribution in [0.3, 0.4) is 0 Å². The molecule has 0 amide bonds. The van der Waals surface area contributed by atoms with Crippen LogP contribution in [0.5, 0.6) is 0 Å². The molecule has 0 bridgehead atoms. The number of H-pyrrole nitrogens is 1. The van der Waals surface area contributed by atoms with Crippen LogP contribution in [0.2, 0.25) is 0 Å². The lowest BCUT2D eigenvalue weighted by atomic mass is 9.83. The Balaban J connectivity index is 1.35. The molecule has 1 N–H and O–H groups in total. The van der Waals surface area contributed by atoms with E-state index >= 15 is 0 Å². The lowest BCUT2D eigenvalue weighted by molar-refractivity contribution is 1.55. The topological polar surface area (TPSA) is 15.8 Å². The van der Waals surface area contributed by atoms with Gasteiger partial charge in [-0.15, -0.1) is 0 Å². The first-order chi connectivity index (χ1) is 21.3. The van der Waals surface area contributed by atoms with E-state index in [1.165, 1.54) is 87.5 Å². The van der Waals surface area contributed by atoms with Crippen molar-refractivity contribution in [2.75, 3.05) is 0 Å². The van der Waals surface area contributed by atoms with Crippen molar-refractivity contribution >= 4 is 54.1 Å². The predicted octanol–water partition coefficient (Wildman–Crippen LogP) is 11.8. The molecule has 9 rings (SSSR count). The zero-order valence-corrected chi connectivity index (χ0v) is 23.5. The quantitative estimate of drug-likeness (QED) is 0.213. The SMILES string of the molecule is c1ccc(-c2c3ccccc3c(-c3ccc4[nH]c5ccccc5c4c3)c3ccccc23)c(-c2ccc3ccccc3c2)c1. The van der Waals surface area contributed by atoms with Gasteiger partial charge in [-0.05, 0) is 90.0 Å². The largest absolute Gasteiger partial charge is 0.355 e. The monoisotopic (exact) mass is 545 g/mol. The van der Waals surface area contributed by atoms with E-state index in [0.29, 0.717) is 0 Å². The van der Waals surface area contributed by atoms with Crippen LogP contribution in [0.15, 0.2) is 158 Å². The lowest BCUT2D eigenvalue weighted by Crippen LogP contribution is -1.92. The second-order valence-electron chi connectivity index (χ2n) is 11.4. The summed E-state index contributed by atoms with van der Waals surface area (Å²) in [4.78, 5) is 3.59. The minimum absolute atomic E-state index is 1.17. The minimum Gasteiger partial charge on any atom is -0.355 e. The lowest BCUT2D eigenvalue weighted by Gasteiger charge is -2.20. The maximum absolute atomic E-state index is 3.59. The Morgan fingerprint density at radius 2 is 0.837 bits per heavy atom. The summed E-state index contributed by atoms with van der Waals surface area (Å²) in [5, 5.41) is 10.1. The normalized spacial score (nSPS) is 11.7. The zero-order chi connectivity index (χ0) is 28.3. The highest BCUT2D eigenvalue weighted by Crippen LogP contribution is 2.46. The number of aromatic nitrogens is 1. The van der Waals surface area contributed by atoms with Gasteiger partial charge in [0.2, 0.25) is 0 Å². The molecule has 0 unspecified atom stereocenters. The van der Waals surface area contributed by atoms with Crippen molar-refractivity contribution < 1.29 is 0 Å². The van der Waals surface area contributed by atoms with E-state index in [-0.39, 0.29) is 0 Å². The van der Waals surface area contributed by atoms with Crippen molar-refractivity contribution in [1.82, 2.24) is 4.98 Å². The summed E-state index contributed by atoms with van der Waals surface area (Å²) in [5.74, 6) is 0. The Kier molecular flexibility index (Phi) is 5.27. The Bertz CT molecular complexity index is 2460. The van der Waals surface area contributed by atoms with E-state index < -0.39 is 0 Å². The molecule has 0 aliphatic carbocycles. The molecule has 9 aromatic rings. The standard InChI is InChI=1S/C42H27N/c1-2-12-28-25-29(22-21-27(28)11-1)31-13-3-4-15-33(31)42-36-18-7-5-16-34(36)41(35-17-6-8-19-37(35)42)30-23-24-40-38(26-30)32-14-9-10-20-39(32)43-40/h1-26,43H. The Hall–Kier alpha value is -5.66. The summed E-state index contributed by atoms with van der Waals surface area (Å²) in [6.07, 6.45) is 0. The van der Waals surface area contributed by atoms with Crippen LogP contribution in [0, 0.1) is 0 Å². The van der Waals surface area contributed by atoms with E-state index in [9.17, 15) is 0 Å². The van der Waals surface area contributed by atoms with E-state index in [0.717, 1.165) is 0 Å². The molecule has 0 saturated heterocycles. The van der Waals surface area contributed by atoms with Gasteiger partial charge in [0.05, 0.1) is 0 Å². The van der Waals surface area contributed by atoms with Crippen molar-refractivity contribution in [2.45, 2.75) is 0 Å². The van der Waals surface area contributed by atoms with Crippen molar-refractivity contribution in [3.05, 3.63) is 158 Å². The van der Waals surface area contributed by atoms with Gasteiger partial charge in [0, 0.05) is 21.8 Å². The maximum Gasteiger partial charge on any atom is 0.0465 e. The number of hydrogen-bond donors (Lipinski definition) is 1. The molecule has 8 aromatic carbocycles. The van der Waals surface area contributed by atoms with E-state index in [1.807, 2.05) is 0 Å². The number of para-hydroxylation sites is 1. The maximum atomic E-state index is 3.59. The zero-order valence-electron chi connectivity index (χ0n) is 23.5. The average Bonchev–Trinajstić information content (AvgIpc) is 3.45. The van der Waals surface area contributed by atoms with Gasteiger partial charge in [-0.25, -0.2) is 0 Å². The first-order valence-corrected chi connectivity index (χ1v) is 14.9. The first-order valence-electron chi connectivity index (χ1n) is 14.9. The van der Waals surface area contributed by atoms with Crippen molar-refractivity contribution in [3.8, 4) is 33.4 Å². The summed E-state index contributed by atoms with van der Waals surface area (Å²) in [6, 6.07) is 57.6. The van der Waals surface area contributed by atoms with Gasteiger partial charge in [-0.1, -0.05) is 133 Å². The number of hydrogen-bond acceptors (Lipinski definition) is 0. The highest BCUT2D eigenvalue weighted by atomic mass is 14.7. The fourth-order valence-electron chi connectivity index (χ4n) is 7.04. The summed E-state index contributed by atoms with van der Waals surface area (Å²) in [5.41, 5.74) is 9.87. The van der Waals surface area contributed by atoms with Crippen LogP contribution in [0.1, 0.15) is 0 Å². The molecule has 1 heterocycles. The molecular weight excluding hydrogens is 518 g/mol. The van der Waals surface area contributed by atoms with Gasteiger partial charge in [0.25, 0.3) is 0 Å². The molecular formula is C42H27N. The number of benzene rings is 8. The Labute approximate surface area is 249 Å². The molecule has 1 nitrogen and oxygen atoms in total. The molecule has 200 valence electrons. The molecule has 0 aliphatic heterocycles. The van der Waals surface area contributed by atoms with Gasteiger partial charge >= 0.3 is 0 Å². The summed E-state index contributed by atoms with van der Waals surface area (Å²) in [6.45, 7) is 0. The van der Waals surface area contributed by atoms with Crippen LogP contribution in [-0.2, 0) is 0 Å². The number of aromatic amines is 1. The fourth-order valence-corrected chi connectivity index (χ4v) is 7.04. The van der Waals surface area contributed by atoms with Gasteiger partial charge in [-0.3, -0.25) is 0 Å². The van der Waals surface area contributed by atoms with Crippen molar-refractivity contribution in [2.24, 2.45) is 0 Å². The van der Waals surface area contributed by atoms with Crippen LogP contribution in [0.25, 0.3) is 87.5 Å². The first kappa shape index (κ1) is 24.0. The highest BCUT2D eigenvalue weighted by molar-refractivity contribution is 6.23. The fraction of sp³-hybridized carbons (Fsp3) is 0. The van der Waals surface area contributed by atoms with Crippen LogP contribution < -0.4 is 0 Å². The van der Waals surface area contributed by atoms with Gasteiger partial charge in [-0.2, -0.15) is 0 Å². The summed E-state index contributed by atoms with van der Waals surface area (Å²) < 4.78 is 0.